The Labute approximate surface area is 109 Å². The Bertz CT molecular complexity index is 409. The SMILES string of the molecule is CCC1(C)CCN(Cc2ccc(N)c(F)c2)CC1. The Morgan fingerprint density at radius 3 is 2.56 bits per heavy atom. The number of nitrogens with zero attached hydrogens (tertiary/aromatic N) is 1. The van der Waals surface area contributed by atoms with Crippen LogP contribution in [-0.2, 0) is 6.54 Å². The molecule has 3 heteroatoms. The van der Waals surface area contributed by atoms with Crippen molar-refractivity contribution in [1.82, 2.24) is 4.90 Å². The zero-order chi connectivity index (χ0) is 13.2. The number of likely N-dealkylation sites (tertiary alicyclic amines) is 1. The molecule has 18 heavy (non-hydrogen) atoms. The minimum Gasteiger partial charge on any atom is -0.396 e. The van der Waals surface area contributed by atoms with Gasteiger partial charge in [0.25, 0.3) is 0 Å². The Balaban J connectivity index is 1.93. The fourth-order valence-electron chi connectivity index (χ4n) is 2.53. The summed E-state index contributed by atoms with van der Waals surface area (Å²) in [6, 6.07) is 5.14. The third kappa shape index (κ3) is 3.02. The molecule has 1 aromatic carbocycles. The van der Waals surface area contributed by atoms with E-state index in [-0.39, 0.29) is 11.5 Å². The van der Waals surface area contributed by atoms with Crippen molar-refractivity contribution in [3.05, 3.63) is 29.6 Å². The van der Waals surface area contributed by atoms with Crippen LogP contribution < -0.4 is 5.73 Å². The molecule has 0 saturated carbocycles. The van der Waals surface area contributed by atoms with Crippen LogP contribution in [0.5, 0.6) is 0 Å². The number of nitrogen functional groups attached to an aromatic ring is 1. The number of hydrogen-bond donors (Lipinski definition) is 1. The average molecular weight is 250 g/mol. The van der Waals surface area contributed by atoms with Crippen LogP contribution >= 0.6 is 0 Å². The van der Waals surface area contributed by atoms with Gasteiger partial charge < -0.3 is 5.73 Å². The lowest BCUT2D eigenvalue weighted by molar-refractivity contribution is 0.109. The second-order valence-corrected chi connectivity index (χ2v) is 5.80. The first-order chi connectivity index (χ1) is 8.52. The first kappa shape index (κ1) is 13.3. The van der Waals surface area contributed by atoms with E-state index in [0.29, 0.717) is 5.41 Å². The standard InChI is InChI=1S/C15H23FN2/c1-3-15(2)6-8-18(9-7-15)11-12-4-5-14(17)13(16)10-12/h4-5,10H,3,6-9,11,17H2,1-2H3. The molecule has 2 N–H and O–H groups in total. The van der Waals surface area contributed by atoms with Gasteiger partial charge in [0.2, 0.25) is 0 Å². The van der Waals surface area contributed by atoms with Crippen molar-refractivity contribution in [1.29, 1.82) is 0 Å². The van der Waals surface area contributed by atoms with Gasteiger partial charge in [-0.2, -0.15) is 0 Å². The second kappa shape index (κ2) is 5.27. The summed E-state index contributed by atoms with van der Waals surface area (Å²) in [5.74, 6) is -0.303. The maximum absolute atomic E-state index is 13.4. The molecule has 1 aliphatic rings. The molecule has 1 saturated heterocycles. The summed E-state index contributed by atoms with van der Waals surface area (Å²) in [6.45, 7) is 7.68. The van der Waals surface area contributed by atoms with E-state index in [0.717, 1.165) is 25.2 Å². The zero-order valence-electron chi connectivity index (χ0n) is 11.4. The van der Waals surface area contributed by atoms with Gasteiger partial charge in [-0.15, -0.1) is 0 Å². The molecule has 2 rings (SSSR count). The lowest BCUT2D eigenvalue weighted by Crippen LogP contribution is -2.37. The number of benzene rings is 1. The number of hydrogen-bond acceptors (Lipinski definition) is 2. The lowest BCUT2D eigenvalue weighted by atomic mass is 9.78. The van der Waals surface area contributed by atoms with E-state index in [1.807, 2.05) is 6.07 Å². The third-order valence-corrected chi connectivity index (χ3v) is 4.39. The van der Waals surface area contributed by atoms with Crippen molar-refractivity contribution < 1.29 is 4.39 Å². The van der Waals surface area contributed by atoms with Crippen LogP contribution in [0.1, 0.15) is 38.7 Å². The molecule has 1 heterocycles. The van der Waals surface area contributed by atoms with Crippen LogP contribution in [0.4, 0.5) is 10.1 Å². The van der Waals surface area contributed by atoms with Crippen molar-refractivity contribution in [3.63, 3.8) is 0 Å². The quantitative estimate of drug-likeness (QED) is 0.833. The van der Waals surface area contributed by atoms with Gasteiger partial charge in [-0.05, 0) is 49.0 Å². The summed E-state index contributed by atoms with van der Waals surface area (Å²) in [6.07, 6.45) is 3.72. The van der Waals surface area contributed by atoms with Crippen LogP contribution in [-0.4, -0.2) is 18.0 Å². The summed E-state index contributed by atoms with van der Waals surface area (Å²) in [5, 5.41) is 0. The van der Waals surface area contributed by atoms with Gasteiger partial charge in [0.1, 0.15) is 5.82 Å². The van der Waals surface area contributed by atoms with Gasteiger partial charge in [0, 0.05) is 6.54 Å². The topological polar surface area (TPSA) is 29.3 Å². The normalized spacial score (nSPS) is 19.9. The van der Waals surface area contributed by atoms with Crippen LogP contribution in [0.15, 0.2) is 18.2 Å². The molecule has 0 amide bonds. The molecule has 0 unspecified atom stereocenters. The minimum atomic E-state index is -0.303. The largest absolute Gasteiger partial charge is 0.396 e. The number of piperidine rings is 1. The Kier molecular flexibility index (Phi) is 3.91. The van der Waals surface area contributed by atoms with Crippen LogP contribution in [0.2, 0.25) is 0 Å². The molecule has 100 valence electrons. The second-order valence-electron chi connectivity index (χ2n) is 5.80. The molecule has 0 spiro atoms. The Morgan fingerprint density at radius 2 is 2.00 bits per heavy atom. The van der Waals surface area contributed by atoms with Gasteiger partial charge in [-0.3, -0.25) is 4.90 Å². The Hall–Kier alpha value is -1.09. The van der Waals surface area contributed by atoms with Gasteiger partial charge >= 0.3 is 0 Å². The van der Waals surface area contributed by atoms with Gasteiger partial charge in [-0.25, -0.2) is 4.39 Å². The average Bonchev–Trinajstić information content (AvgIpc) is 2.37. The zero-order valence-corrected chi connectivity index (χ0v) is 11.4. The van der Waals surface area contributed by atoms with Gasteiger partial charge in [0.15, 0.2) is 0 Å². The van der Waals surface area contributed by atoms with Gasteiger partial charge in [0.05, 0.1) is 5.69 Å². The van der Waals surface area contributed by atoms with Crippen LogP contribution in [0.3, 0.4) is 0 Å². The van der Waals surface area contributed by atoms with Crippen LogP contribution in [0.25, 0.3) is 0 Å². The molecule has 0 bridgehead atoms. The summed E-state index contributed by atoms with van der Waals surface area (Å²) in [7, 11) is 0. The molecule has 1 aliphatic heterocycles. The summed E-state index contributed by atoms with van der Waals surface area (Å²) < 4.78 is 13.4. The molecule has 0 aliphatic carbocycles. The molecule has 2 nitrogen and oxygen atoms in total. The van der Waals surface area contributed by atoms with E-state index in [9.17, 15) is 4.39 Å². The molecule has 0 atom stereocenters. The van der Waals surface area contributed by atoms with Crippen molar-refractivity contribution in [2.24, 2.45) is 5.41 Å². The highest BCUT2D eigenvalue weighted by Gasteiger charge is 2.28. The number of anilines is 1. The number of halogens is 1. The third-order valence-electron chi connectivity index (χ3n) is 4.39. The van der Waals surface area contributed by atoms with E-state index in [4.69, 9.17) is 5.73 Å². The highest BCUT2D eigenvalue weighted by Crippen LogP contribution is 2.34. The van der Waals surface area contributed by atoms with E-state index >= 15 is 0 Å². The first-order valence-corrected chi connectivity index (χ1v) is 6.79. The molecule has 0 aromatic heterocycles. The van der Waals surface area contributed by atoms with Gasteiger partial charge in [-0.1, -0.05) is 26.3 Å². The number of nitrogens with two attached hydrogens (primary N) is 1. The minimum absolute atomic E-state index is 0.232. The molecular weight excluding hydrogens is 227 g/mol. The van der Waals surface area contributed by atoms with Crippen molar-refractivity contribution in [2.45, 2.75) is 39.7 Å². The number of rotatable bonds is 3. The van der Waals surface area contributed by atoms with Crippen molar-refractivity contribution in [3.8, 4) is 0 Å². The first-order valence-electron chi connectivity index (χ1n) is 6.79. The van der Waals surface area contributed by atoms with E-state index in [1.165, 1.54) is 19.3 Å². The maximum atomic E-state index is 13.4. The lowest BCUT2D eigenvalue weighted by Gasteiger charge is -2.39. The van der Waals surface area contributed by atoms with Crippen molar-refractivity contribution in [2.75, 3.05) is 18.8 Å². The maximum Gasteiger partial charge on any atom is 0.146 e. The smallest absolute Gasteiger partial charge is 0.146 e. The van der Waals surface area contributed by atoms with E-state index < -0.39 is 0 Å². The highest BCUT2D eigenvalue weighted by atomic mass is 19.1. The summed E-state index contributed by atoms with van der Waals surface area (Å²) in [4.78, 5) is 2.41. The predicted molar refractivity (Wildman–Crippen MR) is 73.7 cm³/mol. The monoisotopic (exact) mass is 250 g/mol. The highest BCUT2D eigenvalue weighted by molar-refractivity contribution is 5.41. The molecule has 0 radical (unpaired) electrons. The Morgan fingerprint density at radius 1 is 1.33 bits per heavy atom. The molecular formula is C15H23FN2. The van der Waals surface area contributed by atoms with E-state index in [1.54, 1.807) is 12.1 Å². The molecule has 1 aromatic rings. The summed E-state index contributed by atoms with van der Waals surface area (Å²) >= 11 is 0. The fourth-order valence-corrected chi connectivity index (χ4v) is 2.53. The fraction of sp³-hybridized carbons (Fsp3) is 0.600. The van der Waals surface area contributed by atoms with Crippen LogP contribution in [0, 0.1) is 11.2 Å². The summed E-state index contributed by atoms with van der Waals surface area (Å²) in [5.41, 5.74) is 7.24. The van der Waals surface area contributed by atoms with E-state index in [2.05, 4.69) is 18.7 Å². The van der Waals surface area contributed by atoms with Crippen molar-refractivity contribution >= 4 is 5.69 Å². The predicted octanol–water partition coefficient (Wildman–Crippen LogP) is 3.42. The molecule has 1 fully saturated rings.